The van der Waals surface area contributed by atoms with Gasteiger partial charge in [0.25, 0.3) is 0 Å². The Hall–Kier alpha value is -1.34. The van der Waals surface area contributed by atoms with E-state index in [1.165, 1.54) is 16.7 Å². The first-order chi connectivity index (χ1) is 7.42. The predicted molar refractivity (Wildman–Crippen MR) is 59.4 cm³/mol. The third-order valence-electron chi connectivity index (χ3n) is 3.75. The van der Waals surface area contributed by atoms with Crippen molar-refractivity contribution in [3.8, 4) is 0 Å². The molecule has 0 amide bonds. The van der Waals surface area contributed by atoms with Gasteiger partial charge in [-0.25, -0.2) is 0 Å². The Kier molecular flexibility index (Phi) is 1.37. The van der Waals surface area contributed by atoms with E-state index in [4.69, 9.17) is 4.74 Å². The zero-order chi connectivity index (χ0) is 9.83. The van der Waals surface area contributed by atoms with Gasteiger partial charge in [-0.3, -0.25) is 0 Å². The molecular formula is C14H12O. The van der Waals surface area contributed by atoms with E-state index in [0.717, 1.165) is 6.42 Å². The first-order valence-corrected chi connectivity index (χ1v) is 5.55. The predicted octanol–water partition coefficient (Wildman–Crippen LogP) is 2.58. The van der Waals surface area contributed by atoms with E-state index in [-0.39, 0.29) is 6.10 Å². The van der Waals surface area contributed by atoms with Gasteiger partial charge in [0, 0.05) is 5.92 Å². The molecule has 0 aromatic heterocycles. The molecule has 4 rings (SSSR count). The molecule has 0 unspecified atom stereocenters. The molecule has 1 heteroatoms. The summed E-state index contributed by atoms with van der Waals surface area (Å²) in [7, 11) is 0. The summed E-state index contributed by atoms with van der Waals surface area (Å²) in [6.07, 6.45) is 8.51. The Morgan fingerprint density at radius 3 is 3.07 bits per heavy atom. The van der Waals surface area contributed by atoms with Crippen molar-refractivity contribution >= 4 is 6.08 Å². The van der Waals surface area contributed by atoms with Crippen LogP contribution in [0, 0.1) is 5.92 Å². The molecule has 1 aliphatic carbocycles. The van der Waals surface area contributed by atoms with Crippen molar-refractivity contribution in [2.45, 2.75) is 18.6 Å². The second-order valence-corrected chi connectivity index (χ2v) is 4.56. The van der Waals surface area contributed by atoms with Crippen LogP contribution in [0.5, 0.6) is 0 Å². The second kappa shape index (κ2) is 2.61. The van der Waals surface area contributed by atoms with E-state index in [2.05, 4.69) is 42.5 Å². The summed E-state index contributed by atoms with van der Waals surface area (Å²) in [5.74, 6) is 0.606. The van der Waals surface area contributed by atoms with Gasteiger partial charge in [-0.05, 0) is 23.1 Å². The van der Waals surface area contributed by atoms with Gasteiger partial charge in [-0.1, -0.05) is 42.5 Å². The van der Waals surface area contributed by atoms with Gasteiger partial charge in [0.05, 0.1) is 12.2 Å². The summed E-state index contributed by atoms with van der Waals surface area (Å²) in [4.78, 5) is 0. The molecule has 1 nitrogen and oxygen atoms in total. The smallest absolute Gasteiger partial charge is 0.0983 e. The molecule has 1 fully saturated rings. The second-order valence-electron chi connectivity index (χ2n) is 4.56. The lowest BCUT2D eigenvalue weighted by atomic mass is 9.78. The number of hydrogen-bond acceptors (Lipinski definition) is 1. The van der Waals surface area contributed by atoms with Gasteiger partial charge in [-0.15, -0.1) is 0 Å². The van der Waals surface area contributed by atoms with Crippen LogP contribution in [0.25, 0.3) is 6.08 Å². The molecule has 3 aliphatic rings. The average molecular weight is 196 g/mol. The molecule has 3 atom stereocenters. The van der Waals surface area contributed by atoms with E-state index in [1.54, 1.807) is 0 Å². The van der Waals surface area contributed by atoms with E-state index in [1.807, 2.05) is 0 Å². The third kappa shape index (κ3) is 0.963. The molecule has 0 N–H and O–H groups in total. The molecular weight excluding hydrogens is 184 g/mol. The van der Waals surface area contributed by atoms with Gasteiger partial charge in [-0.2, -0.15) is 0 Å². The van der Waals surface area contributed by atoms with Crippen LogP contribution >= 0.6 is 0 Å². The fourth-order valence-corrected chi connectivity index (χ4v) is 2.99. The van der Waals surface area contributed by atoms with Gasteiger partial charge in [0.1, 0.15) is 0 Å². The lowest BCUT2D eigenvalue weighted by Crippen LogP contribution is -2.21. The zero-order valence-corrected chi connectivity index (χ0v) is 8.39. The lowest BCUT2D eigenvalue weighted by Gasteiger charge is -2.24. The molecule has 1 saturated heterocycles. The molecule has 0 radical (unpaired) electrons. The fraction of sp³-hybridized carbons (Fsp3) is 0.286. The Labute approximate surface area is 89.1 Å². The topological polar surface area (TPSA) is 9.23 Å². The first-order valence-electron chi connectivity index (χ1n) is 5.55. The monoisotopic (exact) mass is 196 g/mol. The van der Waals surface area contributed by atoms with Crippen LogP contribution in [-0.4, -0.2) is 12.2 Å². The van der Waals surface area contributed by atoms with E-state index >= 15 is 0 Å². The summed E-state index contributed by atoms with van der Waals surface area (Å²) in [6, 6.07) is 8.67. The van der Waals surface area contributed by atoms with Crippen molar-refractivity contribution < 1.29 is 4.74 Å². The van der Waals surface area contributed by atoms with Crippen LogP contribution in [0.2, 0.25) is 0 Å². The maximum atomic E-state index is 5.87. The van der Waals surface area contributed by atoms with Crippen LogP contribution in [-0.2, 0) is 11.2 Å². The number of rotatable bonds is 0. The number of benzene rings is 1. The van der Waals surface area contributed by atoms with Gasteiger partial charge in [0.15, 0.2) is 0 Å². The van der Waals surface area contributed by atoms with Crippen LogP contribution in [0.4, 0.5) is 0 Å². The highest BCUT2D eigenvalue weighted by Crippen LogP contribution is 2.44. The summed E-state index contributed by atoms with van der Waals surface area (Å²) >= 11 is 0. The van der Waals surface area contributed by atoms with E-state index in [9.17, 15) is 0 Å². The minimum absolute atomic E-state index is 0.272. The van der Waals surface area contributed by atoms with Crippen LogP contribution in [0.15, 0.2) is 42.0 Å². The molecule has 74 valence electrons. The maximum absolute atomic E-state index is 5.87. The Balaban J connectivity index is 1.89. The van der Waals surface area contributed by atoms with Gasteiger partial charge in [0.2, 0.25) is 0 Å². The van der Waals surface area contributed by atoms with Crippen molar-refractivity contribution in [2.24, 2.45) is 5.92 Å². The highest BCUT2D eigenvalue weighted by Gasteiger charge is 2.42. The minimum atomic E-state index is 0.272. The normalized spacial score (nSPS) is 34.9. The molecule has 1 aromatic rings. The summed E-state index contributed by atoms with van der Waals surface area (Å²) in [6.45, 7) is 0. The Morgan fingerprint density at radius 2 is 2.07 bits per heavy atom. The van der Waals surface area contributed by atoms with Crippen molar-refractivity contribution in [2.75, 3.05) is 0 Å². The molecule has 2 aliphatic heterocycles. The highest BCUT2D eigenvalue weighted by atomic mass is 16.5. The molecule has 0 spiro atoms. The van der Waals surface area contributed by atoms with Crippen molar-refractivity contribution in [3.05, 3.63) is 53.1 Å². The van der Waals surface area contributed by atoms with Gasteiger partial charge < -0.3 is 4.74 Å². The number of hydrogen-bond donors (Lipinski definition) is 0. The molecule has 2 bridgehead atoms. The quantitative estimate of drug-likeness (QED) is 0.579. The third-order valence-corrected chi connectivity index (χ3v) is 3.75. The van der Waals surface area contributed by atoms with Crippen molar-refractivity contribution in [1.82, 2.24) is 0 Å². The molecule has 15 heavy (non-hydrogen) atoms. The van der Waals surface area contributed by atoms with Crippen molar-refractivity contribution in [1.29, 1.82) is 0 Å². The first kappa shape index (κ1) is 7.89. The number of fused-ring (bicyclic) bond motifs is 6. The standard InChI is InChI=1S/C14H12O/c1-2-4-10-8-12-11(7-9(10)3-1)13-5-6-14(12)15-13/h1-7,12-14H,8H2/t12-,13+,14-/m0/s1. The van der Waals surface area contributed by atoms with Crippen LogP contribution in [0.1, 0.15) is 11.1 Å². The Morgan fingerprint density at radius 1 is 1.13 bits per heavy atom. The largest absolute Gasteiger partial charge is 0.362 e. The minimum Gasteiger partial charge on any atom is -0.362 e. The van der Waals surface area contributed by atoms with Gasteiger partial charge >= 0.3 is 0 Å². The molecule has 1 aromatic carbocycles. The SMILES string of the molecule is C1=C[C@H]2O[C@@H]1[C@H]1Cc3ccccc3C=C21. The summed E-state index contributed by atoms with van der Waals surface area (Å²) < 4.78 is 5.87. The van der Waals surface area contributed by atoms with E-state index in [0.29, 0.717) is 12.0 Å². The zero-order valence-electron chi connectivity index (χ0n) is 8.39. The fourth-order valence-electron chi connectivity index (χ4n) is 2.99. The Bertz CT molecular complexity index is 484. The van der Waals surface area contributed by atoms with Crippen LogP contribution in [0.3, 0.4) is 0 Å². The number of ether oxygens (including phenoxy) is 1. The highest BCUT2D eigenvalue weighted by molar-refractivity contribution is 5.63. The molecule has 0 saturated carbocycles. The maximum Gasteiger partial charge on any atom is 0.0983 e. The summed E-state index contributed by atoms with van der Waals surface area (Å²) in [5.41, 5.74) is 4.34. The lowest BCUT2D eigenvalue weighted by molar-refractivity contribution is 0.112. The average Bonchev–Trinajstić information content (AvgIpc) is 2.87. The van der Waals surface area contributed by atoms with Crippen molar-refractivity contribution in [3.63, 3.8) is 0 Å². The molecule has 2 heterocycles. The van der Waals surface area contributed by atoms with Crippen LogP contribution < -0.4 is 0 Å². The van der Waals surface area contributed by atoms with E-state index < -0.39 is 0 Å². The summed E-state index contributed by atoms with van der Waals surface area (Å²) in [5, 5.41) is 0.